The molecule has 0 radical (unpaired) electrons. The molecule has 0 aliphatic heterocycles. The van der Waals surface area contributed by atoms with Crippen molar-refractivity contribution in [1.29, 1.82) is 0 Å². The second-order valence-electron chi connectivity index (χ2n) is 7.44. The van der Waals surface area contributed by atoms with Crippen molar-refractivity contribution in [2.45, 2.75) is 64.5 Å². The van der Waals surface area contributed by atoms with Crippen molar-refractivity contribution in [3.05, 3.63) is 0 Å². The van der Waals surface area contributed by atoms with E-state index in [1.165, 1.54) is 12.8 Å². The highest BCUT2D eigenvalue weighted by molar-refractivity contribution is 4.91. The summed E-state index contributed by atoms with van der Waals surface area (Å²) in [5, 5.41) is 3.63. The summed E-state index contributed by atoms with van der Waals surface area (Å²) in [5.41, 5.74) is 0.113. The van der Waals surface area contributed by atoms with Crippen LogP contribution in [0.5, 0.6) is 0 Å². The van der Waals surface area contributed by atoms with Gasteiger partial charge in [-0.25, -0.2) is 0 Å². The molecule has 0 heterocycles. The summed E-state index contributed by atoms with van der Waals surface area (Å²) < 4.78 is 16.8. The Labute approximate surface area is 130 Å². The van der Waals surface area contributed by atoms with Crippen LogP contribution in [0, 0.1) is 5.92 Å². The number of rotatable bonds is 9. The van der Waals surface area contributed by atoms with E-state index in [1.807, 2.05) is 0 Å². The smallest absolute Gasteiger partial charge is 0.0810 e. The second-order valence-corrected chi connectivity index (χ2v) is 7.44. The maximum Gasteiger partial charge on any atom is 0.0810 e. The Balaban J connectivity index is 2.40. The van der Waals surface area contributed by atoms with Crippen molar-refractivity contribution in [3.8, 4) is 0 Å². The second kappa shape index (κ2) is 9.09. The summed E-state index contributed by atoms with van der Waals surface area (Å²) in [6.07, 6.45) is 4.88. The first-order valence-electron chi connectivity index (χ1n) is 8.33. The Morgan fingerprint density at radius 2 is 1.86 bits per heavy atom. The fraction of sp³-hybridized carbons (Fsp3) is 1.00. The molecule has 4 heteroatoms. The third-order valence-corrected chi connectivity index (χ3v) is 4.06. The summed E-state index contributed by atoms with van der Waals surface area (Å²) in [7, 11) is 1.69. The lowest BCUT2D eigenvalue weighted by atomic mass is 9.78. The molecule has 1 saturated carbocycles. The summed E-state index contributed by atoms with van der Waals surface area (Å²) in [5.74, 6) is 0.745. The van der Waals surface area contributed by atoms with E-state index >= 15 is 0 Å². The summed E-state index contributed by atoms with van der Waals surface area (Å²) >= 11 is 0. The minimum Gasteiger partial charge on any atom is -0.382 e. The number of methoxy groups -OCH3 is 1. The first-order valence-corrected chi connectivity index (χ1v) is 8.33. The maximum absolute atomic E-state index is 6.29. The summed E-state index contributed by atoms with van der Waals surface area (Å²) in [6, 6.07) is 0. The highest BCUT2D eigenvalue weighted by atomic mass is 16.5. The number of hydrogen-bond acceptors (Lipinski definition) is 4. The molecule has 1 aliphatic rings. The SMILES string of the molecule is COCCOCCOC1(CNC(C)(C)C)CCCC(C)C1. The molecule has 2 atom stereocenters. The summed E-state index contributed by atoms with van der Waals surface area (Å²) in [6.45, 7) is 12.5. The number of ether oxygens (including phenoxy) is 3. The van der Waals surface area contributed by atoms with Crippen molar-refractivity contribution < 1.29 is 14.2 Å². The van der Waals surface area contributed by atoms with Gasteiger partial charge in [-0.05, 0) is 39.5 Å². The predicted molar refractivity (Wildman–Crippen MR) is 86.8 cm³/mol. The molecule has 0 aromatic heterocycles. The molecule has 126 valence electrons. The zero-order valence-corrected chi connectivity index (χ0v) is 14.7. The minimum atomic E-state index is -0.0183. The molecule has 21 heavy (non-hydrogen) atoms. The van der Waals surface area contributed by atoms with Gasteiger partial charge < -0.3 is 19.5 Å². The van der Waals surface area contributed by atoms with Crippen LogP contribution in [0.15, 0.2) is 0 Å². The molecule has 2 unspecified atom stereocenters. The van der Waals surface area contributed by atoms with Gasteiger partial charge >= 0.3 is 0 Å². The molecule has 0 spiro atoms. The average Bonchev–Trinajstić information content (AvgIpc) is 2.40. The van der Waals surface area contributed by atoms with Crippen LogP contribution in [-0.4, -0.2) is 51.2 Å². The Morgan fingerprint density at radius 1 is 1.14 bits per heavy atom. The fourth-order valence-corrected chi connectivity index (χ4v) is 2.94. The van der Waals surface area contributed by atoms with Crippen LogP contribution in [-0.2, 0) is 14.2 Å². The zero-order valence-electron chi connectivity index (χ0n) is 14.7. The normalized spacial score (nSPS) is 27.0. The van der Waals surface area contributed by atoms with Crippen molar-refractivity contribution in [2.24, 2.45) is 5.92 Å². The molecular formula is C17H35NO3. The third kappa shape index (κ3) is 8.15. The molecule has 0 aromatic carbocycles. The lowest BCUT2D eigenvalue weighted by molar-refractivity contribution is -0.0990. The monoisotopic (exact) mass is 301 g/mol. The molecular weight excluding hydrogens is 266 g/mol. The zero-order chi connectivity index (χ0) is 15.8. The first-order chi connectivity index (χ1) is 9.87. The van der Waals surface area contributed by atoms with Gasteiger partial charge in [0, 0.05) is 19.2 Å². The Kier molecular flexibility index (Phi) is 8.17. The standard InChI is InChI=1S/C17H35NO3/c1-15-7-6-8-17(13-15,14-18-16(2,3)4)21-12-11-20-10-9-19-5/h15,18H,6-14H2,1-5H3. The molecule has 4 nitrogen and oxygen atoms in total. The fourth-order valence-electron chi connectivity index (χ4n) is 2.94. The van der Waals surface area contributed by atoms with Crippen LogP contribution in [0.4, 0.5) is 0 Å². The van der Waals surface area contributed by atoms with E-state index in [0.29, 0.717) is 26.4 Å². The van der Waals surface area contributed by atoms with Gasteiger partial charge in [0.15, 0.2) is 0 Å². The Bertz CT molecular complexity index is 278. The van der Waals surface area contributed by atoms with Crippen molar-refractivity contribution in [3.63, 3.8) is 0 Å². The molecule has 1 N–H and O–H groups in total. The van der Waals surface area contributed by atoms with Crippen LogP contribution >= 0.6 is 0 Å². The van der Waals surface area contributed by atoms with Gasteiger partial charge in [-0.3, -0.25) is 0 Å². The van der Waals surface area contributed by atoms with Gasteiger partial charge in [-0.15, -0.1) is 0 Å². The van der Waals surface area contributed by atoms with Gasteiger partial charge in [0.1, 0.15) is 0 Å². The Morgan fingerprint density at radius 3 is 2.48 bits per heavy atom. The highest BCUT2D eigenvalue weighted by Crippen LogP contribution is 2.35. The molecule has 0 amide bonds. The molecule has 1 aliphatic carbocycles. The quantitative estimate of drug-likeness (QED) is 0.665. The lowest BCUT2D eigenvalue weighted by Crippen LogP contribution is -2.51. The van der Waals surface area contributed by atoms with E-state index in [4.69, 9.17) is 14.2 Å². The third-order valence-electron chi connectivity index (χ3n) is 4.06. The van der Waals surface area contributed by atoms with Gasteiger partial charge in [0.25, 0.3) is 0 Å². The van der Waals surface area contributed by atoms with Crippen LogP contribution in [0.1, 0.15) is 53.4 Å². The van der Waals surface area contributed by atoms with E-state index in [-0.39, 0.29) is 11.1 Å². The maximum atomic E-state index is 6.29. The lowest BCUT2D eigenvalue weighted by Gasteiger charge is -2.42. The topological polar surface area (TPSA) is 39.7 Å². The largest absolute Gasteiger partial charge is 0.382 e. The van der Waals surface area contributed by atoms with E-state index in [0.717, 1.165) is 25.3 Å². The first kappa shape index (κ1) is 18.9. The van der Waals surface area contributed by atoms with Gasteiger partial charge in [-0.2, -0.15) is 0 Å². The van der Waals surface area contributed by atoms with Crippen LogP contribution in [0.25, 0.3) is 0 Å². The van der Waals surface area contributed by atoms with Crippen molar-refractivity contribution >= 4 is 0 Å². The average molecular weight is 301 g/mol. The van der Waals surface area contributed by atoms with E-state index < -0.39 is 0 Å². The van der Waals surface area contributed by atoms with Gasteiger partial charge in [0.05, 0.1) is 32.0 Å². The molecule has 1 rings (SSSR count). The Hall–Kier alpha value is -0.160. The van der Waals surface area contributed by atoms with Gasteiger partial charge in [0.2, 0.25) is 0 Å². The number of nitrogens with one attached hydrogen (secondary N) is 1. The van der Waals surface area contributed by atoms with Crippen LogP contribution in [0.2, 0.25) is 0 Å². The summed E-state index contributed by atoms with van der Waals surface area (Å²) in [4.78, 5) is 0. The van der Waals surface area contributed by atoms with Crippen LogP contribution in [0.3, 0.4) is 0 Å². The predicted octanol–water partition coefficient (Wildman–Crippen LogP) is 3.00. The highest BCUT2D eigenvalue weighted by Gasteiger charge is 2.36. The molecule has 0 aromatic rings. The van der Waals surface area contributed by atoms with Crippen molar-refractivity contribution in [2.75, 3.05) is 40.1 Å². The van der Waals surface area contributed by atoms with Crippen molar-refractivity contribution in [1.82, 2.24) is 5.32 Å². The van der Waals surface area contributed by atoms with E-state index in [9.17, 15) is 0 Å². The molecule has 0 bridgehead atoms. The number of hydrogen-bond donors (Lipinski definition) is 1. The van der Waals surface area contributed by atoms with Gasteiger partial charge in [-0.1, -0.05) is 19.8 Å². The molecule has 1 fully saturated rings. The van der Waals surface area contributed by atoms with E-state index in [2.05, 4.69) is 33.0 Å². The van der Waals surface area contributed by atoms with E-state index in [1.54, 1.807) is 7.11 Å². The minimum absolute atomic E-state index is 0.0183. The van der Waals surface area contributed by atoms with Crippen LogP contribution < -0.4 is 5.32 Å². The molecule has 0 saturated heterocycles.